The number of likely N-dealkylation sites (N-methyl/N-ethyl adjacent to an activating group) is 1. The van der Waals surface area contributed by atoms with Crippen LogP contribution in [0.25, 0.3) is 0 Å². The van der Waals surface area contributed by atoms with Crippen molar-refractivity contribution in [2.75, 3.05) is 33.2 Å². The van der Waals surface area contributed by atoms with Gasteiger partial charge in [0.2, 0.25) is 12.3 Å². The molecule has 2 aliphatic heterocycles. The molecular formula is C37H41F9N4O4S. The fourth-order valence-electron chi connectivity index (χ4n) is 6.53. The van der Waals surface area contributed by atoms with E-state index in [1.165, 1.54) is 22.9 Å². The number of urea groups is 1. The normalized spacial score (nSPS) is 20.8. The van der Waals surface area contributed by atoms with E-state index in [2.05, 4.69) is 34.4 Å². The molecule has 2 saturated heterocycles. The van der Waals surface area contributed by atoms with Gasteiger partial charge in [0.15, 0.2) is 0 Å². The second-order valence-electron chi connectivity index (χ2n) is 12.4. The van der Waals surface area contributed by atoms with Gasteiger partial charge in [0.1, 0.15) is 23.0 Å². The summed E-state index contributed by atoms with van der Waals surface area (Å²) < 4.78 is 133. The fraction of sp³-hybridized carbons (Fsp3) is 0.405. The van der Waals surface area contributed by atoms with Gasteiger partial charge in [0.25, 0.3) is 5.60 Å². The molecule has 2 aliphatic rings. The molecule has 0 aromatic heterocycles. The van der Waals surface area contributed by atoms with E-state index in [4.69, 9.17) is 0 Å². The molecule has 0 saturated carbocycles. The Labute approximate surface area is 315 Å². The third-order valence-corrected chi connectivity index (χ3v) is 11.7. The van der Waals surface area contributed by atoms with Crippen molar-refractivity contribution in [2.45, 2.75) is 61.5 Å². The van der Waals surface area contributed by atoms with Gasteiger partial charge in [-0.15, -0.1) is 10.5 Å². The van der Waals surface area contributed by atoms with E-state index in [9.17, 15) is 53.9 Å². The van der Waals surface area contributed by atoms with E-state index in [-0.39, 0.29) is 49.5 Å². The summed E-state index contributed by atoms with van der Waals surface area (Å²) in [4.78, 5) is 40.6. The number of amides is 4. The SMILES string of the molecule is C=C(F)/C=C\C(=C)S(=C)[C@@]1(c2ccc(C(OCc3c(F)cccc3F)(C(F)(F)F)C(F)(F)F)cc2)CCN(C(=O)N2CCC(NC=O)(C(=O)NC)C2)C1.CC. The van der Waals surface area contributed by atoms with Gasteiger partial charge in [-0.2, -0.15) is 26.3 Å². The second-order valence-corrected chi connectivity index (χ2v) is 14.5. The predicted molar refractivity (Wildman–Crippen MR) is 191 cm³/mol. The lowest BCUT2D eigenvalue weighted by Gasteiger charge is -2.38. The number of alkyl halides is 6. The zero-order valence-corrected chi connectivity index (χ0v) is 31.0. The van der Waals surface area contributed by atoms with Crippen LogP contribution in [0.4, 0.5) is 44.3 Å². The average Bonchev–Trinajstić information content (AvgIpc) is 3.78. The molecule has 2 aromatic rings. The molecule has 0 radical (unpaired) electrons. The molecule has 4 rings (SSSR count). The summed E-state index contributed by atoms with van der Waals surface area (Å²) in [5, 5.41) is 4.91. The van der Waals surface area contributed by atoms with Gasteiger partial charge in [0, 0.05) is 37.8 Å². The van der Waals surface area contributed by atoms with Crippen molar-refractivity contribution in [3.05, 3.63) is 107 Å². The number of nitrogens with zero attached hydrogens (tertiary/aromatic N) is 2. The van der Waals surface area contributed by atoms with Gasteiger partial charge >= 0.3 is 18.4 Å². The van der Waals surface area contributed by atoms with Crippen LogP contribution in [-0.2, 0) is 31.3 Å². The standard InChI is InChI=1S/C35H35F9N4O4S.C2H6/c1-22(36)8-9-23(2)53(4)32(15-17-48(20-32)30(51)47-16-14-31(19-47,46-21-49)29(50)45-3)24-10-12-25(13-11-24)33(34(39,40)41,35(42,43)44)52-18-26-27(37)6-5-7-28(26)38;1-2/h5-13,21H,1-2,4,14-20H2,3H3,(H,45,50)(H,46,49);1-2H3/b9-8-;/t31?,32-,53?;/m0./s1. The Morgan fingerprint density at radius 3 is 1.96 bits per heavy atom. The van der Waals surface area contributed by atoms with Crippen LogP contribution in [0, 0.1) is 11.6 Å². The lowest BCUT2D eigenvalue weighted by molar-refractivity contribution is -0.392. The van der Waals surface area contributed by atoms with Crippen molar-refractivity contribution in [3.8, 4) is 0 Å². The Hall–Kier alpha value is -4.58. The van der Waals surface area contributed by atoms with E-state index in [1.54, 1.807) is 0 Å². The van der Waals surface area contributed by atoms with Crippen LogP contribution in [0.1, 0.15) is 43.4 Å². The Morgan fingerprint density at radius 2 is 1.45 bits per heavy atom. The van der Waals surface area contributed by atoms with Gasteiger partial charge in [-0.05, 0) is 47.6 Å². The summed E-state index contributed by atoms with van der Waals surface area (Å²) in [6, 6.07) is 4.65. The second kappa shape index (κ2) is 17.5. The lowest BCUT2D eigenvalue weighted by Crippen LogP contribution is -2.58. The zero-order chi connectivity index (χ0) is 41.6. The van der Waals surface area contributed by atoms with Crippen LogP contribution in [0.15, 0.2) is 78.5 Å². The summed E-state index contributed by atoms with van der Waals surface area (Å²) in [6.45, 7) is 9.03. The van der Waals surface area contributed by atoms with E-state index in [0.29, 0.717) is 30.7 Å². The first kappa shape index (κ1) is 44.8. The molecular weight excluding hydrogens is 767 g/mol. The van der Waals surface area contributed by atoms with E-state index in [0.717, 1.165) is 24.3 Å². The molecule has 2 fully saturated rings. The summed E-state index contributed by atoms with van der Waals surface area (Å²) in [5.74, 6) is -0.0419. The minimum Gasteiger partial charge on any atom is -0.357 e. The number of hydrogen-bond donors (Lipinski definition) is 2. The Morgan fingerprint density at radius 1 is 0.909 bits per heavy atom. The van der Waals surface area contributed by atoms with Crippen LogP contribution in [-0.4, -0.2) is 85.1 Å². The molecule has 2 heterocycles. The molecule has 0 spiro atoms. The van der Waals surface area contributed by atoms with Crippen molar-refractivity contribution in [2.24, 2.45) is 0 Å². The smallest absolute Gasteiger partial charge is 0.357 e. The van der Waals surface area contributed by atoms with Crippen molar-refractivity contribution in [3.63, 3.8) is 0 Å². The molecule has 2 aromatic carbocycles. The molecule has 8 nitrogen and oxygen atoms in total. The number of allylic oxidation sites excluding steroid dienone is 3. The van der Waals surface area contributed by atoms with Crippen molar-refractivity contribution in [1.82, 2.24) is 20.4 Å². The maximum absolute atomic E-state index is 14.6. The largest absolute Gasteiger partial charge is 0.430 e. The quantitative estimate of drug-likeness (QED) is 0.0995. The van der Waals surface area contributed by atoms with Crippen molar-refractivity contribution >= 4 is 34.7 Å². The molecule has 2 unspecified atom stereocenters. The first-order valence-corrected chi connectivity index (χ1v) is 18.1. The van der Waals surface area contributed by atoms with Gasteiger partial charge in [0.05, 0.1) is 17.9 Å². The van der Waals surface area contributed by atoms with Crippen LogP contribution in [0.2, 0.25) is 0 Å². The Bertz CT molecular complexity index is 1780. The monoisotopic (exact) mass is 808 g/mol. The van der Waals surface area contributed by atoms with Crippen LogP contribution < -0.4 is 10.6 Å². The number of nitrogens with one attached hydrogen (secondary N) is 2. The predicted octanol–water partition coefficient (Wildman–Crippen LogP) is 7.74. The molecule has 0 bridgehead atoms. The van der Waals surface area contributed by atoms with Crippen LogP contribution in [0.3, 0.4) is 0 Å². The van der Waals surface area contributed by atoms with E-state index < -0.39 is 85.9 Å². The summed E-state index contributed by atoms with van der Waals surface area (Å²) >= 11 is 0. The highest BCUT2D eigenvalue weighted by molar-refractivity contribution is 8.18. The van der Waals surface area contributed by atoms with E-state index >= 15 is 0 Å². The van der Waals surface area contributed by atoms with Crippen molar-refractivity contribution < 1.29 is 58.6 Å². The summed E-state index contributed by atoms with van der Waals surface area (Å²) in [5.41, 5.74) is -8.88. The minimum absolute atomic E-state index is 0.0172. The maximum atomic E-state index is 14.6. The first-order chi connectivity index (χ1) is 25.7. The number of ether oxygens (including phenoxy) is 1. The Kier molecular flexibility index (Phi) is 14.2. The lowest BCUT2D eigenvalue weighted by atomic mass is 9.88. The van der Waals surface area contributed by atoms with Gasteiger partial charge < -0.3 is 25.2 Å². The number of halogens is 9. The summed E-state index contributed by atoms with van der Waals surface area (Å²) in [6.07, 6.45) is -9.61. The highest BCUT2D eigenvalue weighted by Gasteiger charge is 2.73. The number of rotatable bonds is 12. The number of carbonyl (C=O) groups is 3. The van der Waals surface area contributed by atoms with Crippen LogP contribution in [0.5, 0.6) is 0 Å². The molecule has 18 heteroatoms. The number of carbonyl (C=O) groups excluding carboxylic acids is 3. The highest BCUT2D eigenvalue weighted by Crippen LogP contribution is 2.55. The average molecular weight is 809 g/mol. The first-order valence-electron chi connectivity index (χ1n) is 16.7. The molecule has 0 aliphatic carbocycles. The topological polar surface area (TPSA) is 91.0 Å². The number of benzene rings is 2. The highest BCUT2D eigenvalue weighted by atomic mass is 32.2. The third kappa shape index (κ3) is 8.79. The molecule has 55 heavy (non-hydrogen) atoms. The van der Waals surface area contributed by atoms with E-state index in [1.807, 2.05) is 13.8 Å². The molecule has 2 N–H and O–H groups in total. The van der Waals surface area contributed by atoms with Crippen molar-refractivity contribution in [1.29, 1.82) is 0 Å². The number of likely N-dealkylation sites (tertiary alicyclic amines) is 2. The maximum Gasteiger partial charge on any atom is 0.430 e. The van der Waals surface area contributed by atoms with Crippen LogP contribution >= 0.6 is 10.5 Å². The third-order valence-electron chi connectivity index (χ3n) is 9.39. The summed E-state index contributed by atoms with van der Waals surface area (Å²) in [7, 11) is 0.0489. The number of hydrogen-bond acceptors (Lipinski definition) is 4. The molecule has 3 atom stereocenters. The molecule has 302 valence electrons. The fourth-order valence-corrected chi connectivity index (χ4v) is 8.33. The van der Waals surface area contributed by atoms with Gasteiger partial charge in [-0.3, -0.25) is 9.59 Å². The molecule has 4 amide bonds. The van der Waals surface area contributed by atoms with Gasteiger partial charge in [-0.1, -0.05) is 63.2 Å². The van der Waals surface area contributed by atoms with Gasteiger partial charge in [-0.25, -0.2) is 18.0 Å². The Balaban J connectivity index is 0.00000399. The minimum atomic E-state index is -6.18. The zero-order valence-electron chi connectivity index (χ0n) is 30.2.